The van der Waals surface area contributed by atoms with Crippen LogP contribution >= 0.6 is 0 Å². The van der Waals surface area contributed by atoms with Gasteiger partial charge in [0.05, 0.1) is 7.11 Å². The predicted octanol–water partition coefficient (Wildman–Crippen LogP) is 2.65. The van der Waals surface area contributed by atoms with Crippen LogP contribution in [0.2, 0.25) is 0 Å². The molecule has 0 bridgehead atoms. The Morgan fingerprint density at radius 2 is 2.00 bits per heavy atom. The summed E-state index contributed by atoms with van der Waals surface area (Å²) in [6, 6.07) is 10.7. The van der Waals surface area contributed by atoms with Crippen molar-refractivity contribution in [2.75, 3.05) is 13.7 Å². The smallest absolute Gasteiger partial charge is 0.406 e. The minimum Gasteiger partial charge on any atom is -0.453 e. The van der Waals surface area contributed by atoms with Crippen LogP contribution in [0.25, 0.3) is 0 Å². The lowest BCUT2D eigenvalue weighted by Crippen LogP contribution is -2.38. The third-order valence-electron chi connectivity index (χ3n) is 4.38. The van der Waals surface area contributed by atoms with Crippen LogP contribution in [0.3, 0.4) is 0 Å². The van der Waals surface area contributed by atoms with Gasteiger partial charge < -0.3 is 15.4 Å². The van der Waals surface area contributed by atoms with Gasteiger partial charge in [0, 0.05) is 19.0 Å². The normalized spacial score (nSPS) is 20.0. The third kappa shape index (κ3) is 5.93. The Morgan fingerprint density at radius 3 is 2.74 bits per heavy atom. The van der Waals surface area contributed by atoms with Crippen LogP contribution < -0.4 is 10.6 Å². The maximum absolute atomic E-state index is 12.1. The van der Waals surface area contributed by atoms with Crippen molar-refractivity contribution in [2.45, 2.75) is 44.6 Å². The lowest BCUT2D eigenvalue weighted by Gasteiger charge is -2.21. The fourth-order valence-corrected chi connectivity index (χ4v) is 3.18. The molecule has 1 saturated carbocycles. The number of alkyl carbamates (subject to hydrolysis) is 1. The zero-order valence-corrected chi connectivity index (χ0v) is 13.7. The van der Waals surface area contributed by atoms with Gasteiger partial charge in [-0.15, -0.1) is 0 Å². The molecule has 5 heteroatoms. The first-order chi connectivity index (χ1) is 11.2. The monoisotopic (exact) mass is 318 g/mol. The van der Waals surface area contributed by atoms with Gasteiger partial charge in [0.25, 0.3) is 0 Å². The molecule has 1 aromatic rings. The molecule has 126 valence electrons. The van der Waals surface area contributed by atoms with E-state index >= 15 is 0 Å². The first-order valence-electron chi connectivity index (χ1n) is 8.34. The summed E-state index contributed by atoms with van der Waals surface area (Å²) in [7, 11) is 1.33. The summed E-state index contributed by atoms with van der Waals surface area (Å²) >= 11 is 0. The highest BCUT2D eigenvalue weighted by atomic mass is 16.5. The van der Waals surface area contributed by atoms with Gasteiger partial charge in [0.2, 0.25) is 5.91 Å². The molecule has 2 amide bonds. The van der Waals surface area contributed by atoms with Gasteiger partial charge >= 0.3 is 6.09 Å². The van der Waals surface area contributed by atoms with Crippen molar-refractivity contribution in [1.29, 1.82) is 0 Å². The van der Waals surface area contributed by atoms with Gasteiger partial charge in [0.15, 0.2) is 0 Å². The van der Waals surface area contributed by atoms with E-state index in [1.54, 1.807) is 0 Å². The summed E-state index contributed by atoms with van der Waals surface area (Å²) in [5.74, 6) is 0.594. The zero-order valence-electron chi connectivity index (χ0n) is 13.7. The molecule has 23 heavy (non-hydrogen) atoms. The number of amides is 2. The van der Waals surface area contributed by atoms with E-state index in [4.69, 9.17) is 0 Å². The first-order valence-corrected chi connectivity index (χ1v) is 8.34. The van der Waals surface area contributed by atoms with Gasteiger partial charge in [0.1, 0.15) is 0 Å². The number of ether oxygens (including phenoxy) is 1. The number of carbonyl (C=O) groups excluding carboxylic acids is 2. The van der Waals surface area contributed by atoms with Gasteiger partial charge in [-0.2, -0.15) is 0 Å². The number of rotatable bonds is 7. The standard InChI is InChI=1S/C18H26N2O3/c1-23-18(22)19-12-6-11-17(21)20-16-10-5-9-15(16)13-14-7-3-2-4-8-14/h2-4,7-8,15-16H,5-6,9-13H2,1H3,(H,19,22)(H,20,21)/t15-,16-/m0/s1. The van der Waals surface area contributed by atoms with Crippen molar-refractivity contribution in [3.63, 3.8) is 0 Å². The van der Waals surface area contributed by atoms with E-state index in [0.717, 1.165) is 12.8 Å². The van der Waals surface area contributed by atoms with E-state index < -0.39 is 6.09 Å². The van der Waals surface area contributed by atoms with Crippen molar-refractivity contribution in [3.05, 3.63) is 35.9 Å². The van der Waals surface area contributed by atoms with E-state index in [0.29, 0.717) is 25.3 Å². The average molecular weight is 318 g/mol. The molecule has 1 aliphatic carbocycles. The fourth-order valence-electron chi connectivity index (χ4n) is 3.18. The van der Waals surface area contributed by atoms with Crippen molar-refractivity contribution >= 4 is 12.0 Å². The van der Waals surface area contributed by atoms with Crippen LogP contribution in [0.4, 0.5) is 4.79 Å². The van der Waals surface area contributed by atoms with Gasteiger partial charge in [-0.05, 0) is 37.2 Å². The average Bonchev–Trinajstić information content (AvgIpc) is 2.99. The van der Waals surface area contributed by atoms with Crippen LogP contribution in [-0.2, 0) is 16.0 Å². The quantitative estimate of drug-likeness (QED) is 0.760. The van der Waals surface area contributed by atoms with Crippen molar-refractivity contribution in [2.24, 2.45) is 5.92 Å². The molecule has 0 unspecified atom stereocenters. The van der Waals surface area contributed by atoms with Gasteiger partial charge in [-0.1, -0.05) is 36.8 Å². The van der Waals surface area contributed by atoms with Crippen molar-refractivity contribution < 1.29 is 14.3 Å². The van der Waals surface area contributed by atoms with Gasteiger partial charge in [-0.3, -0.25) is 4.79 Å². The summed E-state index contributed by atoms with van der Waals surface area (Å²) < 4.78 is 4.48. The molecule has 0 heterocycles. The highest BCUT2D eigenvalue weighted by Gasteiger charge is 2.28. The summed E-state index contributed by atoms with van der Waals surface area (Å²) in [5.41, 5.74) is 1.33. The molecule has 5 nitrogen and oxygen atoms in total. The van der Waals surface area contributed by atoms with Crippen LogP contribution in [0.5, 0.6) is 0 Å². The Morgan fingerprint density at radius 1 is 1.22 bits per heavy atom. The molecule has 0 aromatic heterocycles. The van der Waals surface area contributed by atoms with Crippen LogP contribution in [0.1, 0.15) is 37.7 Å². The van der Waals surface area contributed by atoms with Crippen molar-refractivity contribution in [1.82, 2.24) is 10.6 Å². The molecule has 1 fully saturated rings. The summed E-state index contributed by atoms with van der Waals surface area (Å²) in [5, 5.41) is 5.75. The molecule has 2 rings (SSSR count). The SMILES string of the molecule is COC(=O)NCCCC(=O)N[C@H]1CCC[C@H]1Cc1ccccc1. The zero-order chi connectivity index (χ0) is 16.5. The van der Waals surface area contributed by atoms with E-state index in [9.17, 15) is 9.59 Å². The Labute approximate surface area is 137 Å². The molecular weight excluding hydrogens is 292 g/mol. The predicted molar refractivity (Wildman–Crippen MR) is 89.1 cm³/mol. The highest BCUT2D eigenvalue weighted by molar-refractivity contribution is 5.76. The number of nitrogens with one attached hydrogen (secondary N) is 2. The highest BCUT2D eigenvalue weighted by Crippen LogP contribution is 2.28. The lowest BCUT2D eigenvalue weighted by molar-refractivity contribution is -0.122. The Balaban J connectivity index is 1.71. The Kier molecular flexibility index (Phi) is 6.91. The molecule has 0 saturated heterocycles. The molecule has 2 atom stereocenters. The molecule has 1 aromatic carbocycles. The third-order valence-corrected chi connectivity index (χ3v) is 4.38. The molecule has 0 radical (unpaired) electrons. The summed E-state index contributed by atoms with van der Waals surface area (Å²) in [6.45, 7) is 0.457. The molecule has 0 spiro atoms. The molecule has 2 N–H and O–H groups in total. The number of methoxy groups -OCH3 is 1. The second-order valence-electron chi connectivity index (χ2n) is 6.08. The second-order valence-corrected chi connectivity index (χ2v) is 6.08. The van der Waals surface area contributed by atoms with Gasteiger partial charge in [-0.25, -0.2) is 4.79 Å². The first kappa shape index (κ1) is 17.3. The van der Waals surface area contributed by atoms with E-state index in [1.165, 1.54) is 25.5 Å². The lowest BCUT2D eigenvalue weighted by atomic mass is 9.94. The minimum absolute atomic E-state index is 0.0710. The van der Waals surface area contributed by atoms with E-state index in [2.05, 4.69) is 39.6 Å². The van der Waals surface area contributed by atoms with E-state index in [1.807, 2.05) is 6.07 Å². The van der Waals surface area contributed by atoms with Crippen LogP contribution in [0.15, 0.2) is 30.3 Å². The Bertz CT molecular complexity index is 504. The summed E-state index contributed by atoms with van der Waals surface area (Å²) in [6.07, 6.45) is 5.02. The maximum Gasteiger partial charge on any atom is 0.406 e. The van der Waals surface area contributed by atoms with Crippen LogP contribution in [0, 0.1) is 5.92 Å². The number of benzene rings is 1. The second kappa shape index (κ2) is 9.18. The molecule has 1 aliphatic rings. The number of hydrogen-bond acceptors (Lipinski definition) is 3. The largest absolute Gasteiger partial charge is 0.453 e. The number of carbonyl (C=O) groups is 2. The summed E-state index contributed by atoms with van der Waals surface area (Å²) in [4.78, 5) is 23.0. The van der Waals surface area contributed by atoms with Crippen molar-refractivity contribution in [3.8, 4) is 0 Å². The minimum atomic E-state index is -0.455. The Hall–Kier alpha value is -2.04. The van der Waals surface area contributed by atoms with Crippen LogP contribution in [-0.4, -0.2) is 31.7 Å². The molecule has 0 aliphatic heterocycles. The fraction of sp³-hybridized carbons (Fsp3) is 0.556. The maximum atomic E-state index is 12.1. The topological polar surface area (TPSA) is 67.4 Å². The van der Waals surface area contributed by atoms with E-state index in [-0.39, 0.29) is 11.9 Å². The molecular formula is C18H26N2O3. The number of hydrogen-bond donors (Lipinski definition) is 2.